The fourth-order valence-corrected chi connectivity index (χ4v) is 3.29. The molecule has 2 amide bonds. The summed E-state index contributed by atoms with van der Waals surface area (Å²) in [4.78, 5) is 28.2. The number of hydrogen-bond donors (Lipinski definition) is 5. The van der Waals surface area contributed by atoms with Crippen molar-refractivity contribution in [2.75, 3.05) is 12.4 Å². The Hall–Kier alpha value is -3.36. The standard InChI is InChI=1S/C20H19N5O3.ClH/c1-21-17(6-11-2-4-14(26)5-3-11)20(28)24-13-7-15-18-12(9-22-16(18)8-13)10-23-25-19(15)27;/h2-5,7-10,17,21-22,26H,6H2,1H3,(H,24,28)(H,25,27);1H/t17-;/m1./s1. The molecule has 0 bridgehead atoms. The molecule has 0 spiro atoms. The Morgan fingerprint density at radius 1 is 1.24 bits per heavy atom. The van der Waals surface area contributed by atoms with E-state index in [2.05, 4.69) is 26.1 Å². The van der Waals surface area contributed by atoms with E-state index in [9.17, 15) is 14.7 Å². The lowest BCUT2D eigenvalue weighted by atomic mass is 10.0. The first-order valence-electron chi connectivity index (χ1n) is 8.79. The van der Waals surface area contributed by atoms with Gasteiger partial charge in [0.1, 0.15) is 5.75 Å². The second-order valence-corrected chi connectivity index (χ2v) is 6.59. The number of likely N-dealkylation sites (N-methyl/N-ethyl adjacent to an activating group) is 1. The van der Waals surface area contributed by atoms with Gasteiger partial charge >= 0.3 is 0 Å². The van der Waals surface area contributed by atoms with E-state index in [1.165, 1.54) is 0 Å². The minimum absolute atomic E-state index is 0. The Labute approximate surface area is 172 Å². The highest BCUT2D eigenvalue weighted by atomic mass is 35.5. The molecule has 0 unspecified atom stereocenters. The van der Waals surface area contributed by atoms with Crippen molar-refractivity contribution < 1.29 is 14.7 Å². The summed E-state index contributed by atoms with van der Waals surface area (Å²) in [7, 11) is 1.71. The van der Waals surface area contributed by atoms with Gasteiger partial charge in [0.2, 0.25) is 5.91 Å². The molecule has 0 aliphatic carbocycles. The van der Waals surface area contributed by atoms with Crippen molar-refractivity contribution >= 4 is 47.0 Å². The highest BCUT2D eigenvalue weighted by Crippen LogP contribution is 2.27. The van der Waals surface area contributed by atoms with E-state index in [0.29, 0.717) is 17.7 Å². The molecule has 0 fully saturated rings. The normalized spacial score (nSPS) is 13.3. The number of nitrogens with one attached hydrogen (secondary N) is 4. The van der Waals surface area contributed by atoms with Gasteiger partial charge in [0.25, 0.3) is 5.91 Å². The molecule has 9 heteroatoms. The van der Waals surface area contributed by atoms with Crippen LogP contribution in [-0.4, -0.2) is 41.2 Å². The van der Waals surface area contributed by atoms with Crippen LogP contribution in [0.1, 0.15) is 21.5 Å². The van der Waals surface area contributed by atoms with Gasteiger partial charge in [-0.15, -0.1) is 12.4 Å². The van der Waals surface area contributed by atoms with Crippen molar-refractivity contribution in [3.8, 4) is 5.75 Å². The van der Waals surface area contributed by atoms with Crippen molar-refractivity contribution in [1.82, 2.24) is 15.7 Å². The summed E-state index contributed by atoms with van der Waals surface area (Å²) in [5.41, 5.74) is 5.89. The van der Waals surface area contributed by atoms with Gasteiger partial charge in [0.05, 0.1) is 17.8 Å². The highest BCUT2D eigenvalue weighted by Gasteiger charge is 2.21. The average Bonchev–Trinajstić information content (AvgIpc) is 3.01. The number of carbonyl (C=O) groups excluding carboxylic acids is 2. The Morgan fingerprint density at radius 2 is 2.00 bits per heavy atom. The highest BCUT2D eigenvalue weighted by molar-refractivity contribution is 6.15. The van der Waals surface area contributed by atoms with Crippen molar-refractivity contribution in [3.63, 3.8) is 0 Å². The zero-order chi connectivity index (χ0) is 19.7. The monoisotopic (exact) mass is 413 g/mol. The molecule has 3 aromatic rings. The summed E-state index contributed by atoms with van der Waals surface area (Å²) in [6, 6.07) is 9.69. The fraction of sp³-hybridized carbons (Fsp3) is 0.150. The van der Waals surface area contributed by atoms with E-state index in [1.807, 2.05) is 0 Å². The number of carbonyl (C=O) groups is 2. The maximum Gasteiger partial charge on any atom is 0.272 e. The van der Waals surface area contributed by atoms with E-state index in [-0.39, 0.29) is 30.0 Å². The number of aromatic nitrogens is 1. The Kier molecular flexibility index (Phi) is 5.86. The maximum atomic E-state index is 12.8. The topological polar surface area (TPSA) is 119 Å². The third-order valence-corrected chi connectivity index (χ3v) is 4.73. The van der Waals surface area contributed by atoms with Gasteiger partial charge in [-0.05, 0) is 43.3 Å². The lowest BCUT2D eigenvalue weighted by Gasteiger charge is -2.17. The molecule has 8 nitrogen and oxygen atoms in total. The molecule has 29 heavy (non-hydrogen) atoms. The number of halogens is 1. The minimum Gasteiger partial charge on any atom is -0.508 e. The summed E-state index contributed by atoms with van der Waals surface area (Å²) in [6.45, 7) is 0. The van der Waals surface area contributed by atoms with Crippen molar-refractivity contribution in [3.05, 3.63) is 59.3 Å². The fourth-order valence-electron chi connectivity index (χ4n) is 3.29. The van der Waals surface area contributed by atoms with Gasteiger partial charge in [0, 0.05) is 28.4 Å². The molecule has 0 radical (unpaired) electrons. The SMILES string of the molecule is CN[C@H](Cc1ccc(O)cc1)C(=O)Nc1cc2c3c(c[nH]c3c1)C=NNC2=O.Cl. The number of rotatable bonds is 5. The Bertz CT molecular complexity index is 1090. The predicted octanol–water partition coefficient (Wildman–Crippen LogP) is 2.14. The van der Waals surface area contributed by atoms with Crippen LogP contribution in [0.2, 0.25) is 0 Å². The molecule has 2 heterocycles. The van der Waals surface area contributed by atoms with Gasteiger partial charge in [-0.1, -0.05) is 12.1 Å². The van der Waals surface area contributed by atoms with E-state index < -0.39 is 6.04 Å². The Morgan fingerprint density at radius 3 is 2.72 bits per heavy atom. The van der Waals surface area contributed by atoms with Crippen LogP contribution in [0.25, 0.3) is 10.9 Å². The van der Waals surface area contributed by atoms with Crippen LogP contribution in [0.4, 0.5) is 5.69 Å². The largest absolute Gasteiger partial charge is 0.508 e. The van der Waals surface area contributed by atoms with Crippen LogP contribution in [0.3, 0.4) is 0 Å². The summed E-state index contributed by atoms with van der Waals surface area (Å²) >= 11 is 0. The smallest absolute Gasteiger partial charge is 0.272 e. The average molecular weight is 414 g/mol. The molecule has 4 rings (SSSR count). The first-order chi connectivity index (χ1) is 13.5. The van der Waals surface area contributed by atoms with E-state index in [0.717, 1.165) is 22.0 Å². The quantitative estimate of drug-likeness (QED) is 0.440. The Balaban J connectivity index is 0.00000240. The van der Waals surface area contributed by atoms with Crippen molar-refractivity contribution in [2.45, 2.75) is 12.5 Å². The number of H-pyrrole nitrogens is 1. The van der Waals surface area contributed by atoms with Crippen LogP contribution in [0.15, 0.2) is 47.7 Å². The summed E-state index contributed by atoms with van der Waals surface area (Å²) < 4.78 is 0. The number of phenolic OH excluding ortho intramolecular Hbond substituents is 1. The van der Waals surface area contributed by atoms with Crippen LogP contribution in [-0.2, 0) is 11.2 Å². The molecular weight excluding hydrogens is 394 g/mol. The lowest BCUT2D eigenvalue weighted by Crippen LogP contribution is -2.40. The van der Waals surface area contributed by atoms with Gasteiger partial charge < -0.3 is 20.7 Å². The zero-order valence-corrected chi connectivity index (χ0v) is 16.3. The first-order valence-corrected chi connectivity index (χ1v) is 8.79. The van der Waals surface area contributed by atoms with Crippen LogP contribution >= 0.6 is 12.4 Å². The molecule has 0 saturated carbocycles. The molecular formula is C20H20ClN5O3. The molecule has 0 saturated heterocycles. The molecule has 1 atom stereocenters. The lowest BCUT2D eigenvalue weighted by molar-refractivity contribution is -0.118. The van der Waals surface area contributed by atoms with Gasteiger partial charge in [0.15, 0.2) is 0 Å². The second-order valence-electron chi connectivity index (χ2n) is 6.59. The van der Waals surface area contributed by atoms with Crippen LogP contribution in [0, 0.1) is 0 Å². The maximum absolute atomic E-state index is 12.8. The van der Waals surface area contributed by atoms with Crippen LogP contribution in [0.5, 0.6) is 5.75 Å². The van der Waals surface area contributed by atoms with Crippen molar-refractivity contribution in [1.29, 1.82) is 0 Å². The van der Waals surface area contributed by atoms with Crippen molar-refractivity contribution in [2.24, 2.45) is 5.10 Å². The first kappa shape index (κ1) is 20.4. The molecule has 1 aromatic heterocycles. The summed E-state index contributed by atoms with van der Waals surface area (Å²) in [5, 5.41) is 19.9. The van der Waals surface area contributed by atoms with Gasteiger partial charge in [-0.25, -0.2) is 5.43 Å². The third kappa shape index (κ3) is 4.08. The molecule has 1 aliphatic heterocycles. The zero-order valence-electron chi connectivity index (χ0n) is 15.5. The molecule has 150 valence electrons. The van der Waals surface area contributed by atoms with E-state index in [4.69, 9.17) is 0 Å². The van der Waals surface area contributed by atoms with Crippen LogP contribution < -0.4 is 16.1 Å². The number of benzene rings is 2. The minimum atomic E-state index is -0.476. The molecule has 1 aliphatic rings. The number of nitrogens with zero attached hydrogens (tertiary/aromatic N) is 1. The number of aromatic hydroxyl groups is 1. The second kappa shape index (κ2) is 8.34. The molecule has 2 aromatic carbocycles. The number of amides is 2. The number of hydrogen-bond acceptors (Lipinski definition) is 5. The number of anilines is 1. The van der Waals surface area contributed by atoms with Gasteiger partial charge in [-0.3, -0.25) is 9.59 Å². The number of aromatic amines is 1. The summed E-state index contributed by atoms with van der Waals surface area (Å²) in [6.07, 6.45) is 3.81. The number of phenols is 1. The predicted molar refractivity (Wildman–Crippen MR) is 114 cm³/mol. The molecule has 5 N–H and O–H groups in total. The van der Waals surface area contributed by atoms with E-state index in [1.54, 1.807) is 55.9 Å². The third-order valence-electron chi connectivity index (χ3n) is 4.73. The summed E-state index contributed by atoms with van der Waals surface area (Å²) in [5.74, 6) is -0.371. The van der Waals surface area contributed by atoms with Gasteiger partial charge in [-0.2, -0.15) is 5.10 Å². The number of hydrazone groups is 1. The van der Waals surface area contributed by atoms with E-state index >= 15 is 0 Å².